The highest BCUT2D eigenvalue weighted by atomic mass is 16.5. The molecule has 5 heterocycles. The molecule has 11 aromatic rings. The summed E-state index contributed by atoms with van der Waals surface area (Å²) in [6.07, 6.45) is 5.72. The molecule has 0 amide bonds. The van der Waals surface area contributed by atoms with Crippen molar-refractivity contribution in [2.24, 2.45) is 0 Å². The lowest BCUT2D eigenvalue weighted by atomic mass is 10.1. The fraction of sp³-hybridized carbons (Fsp3) is 0. The second kappa shape index (κ2) is 10.3. The van der Waals surface area contributed by atoms with E-state index in [1.807, 2.05) is 36.8 Å². The minimum atomic E-state index is 0.751. The molecule has 0 aliphatic rings. The molecule has 0 bridgehead atoms. The maximum absolute atomic E-state index is 6.64. The molecule has 0 fully saturated rings. The lowest BCUT2D eigenvalue weighted by molar-refractivity contribution is 0.484. The van der Waals surface area contributed by atoms with E-state index < -0.39 is 0 Å². The zero-order valence-corrected chi connectivity index (χ0v) is 26.7. The number of pyridine rings is 2. The third-order valence-electron chi connectivity index (χ3n) is 9.99. The summed E-state index contributed by atoms with van der Waals surface area (Å²) in [6, 6.07) is 51.1. The molecule has 0 aliphatic carbocycles. The second-order valence-electron chi connectivity index (χ2n) is 12.7. The molecule has 11 rings (SSSR count). The van der Waals surface area contributed by atoms with Gasteiger partial charge in [-0.2, -0.15) is 0 Å². The molecule has 50 heavy (non-hydrogen) atoms. The zero-order chi connectivity index (χ0) is 32.8. The Labute approximate surface area is 285 Å². The number of rotatable bonds is 4. The highest BCUT2D eigenvalue weighted by molar-refractivity contribution is 6.19. The van der Waals surface area contributed by atoms with Crippen molar-refractivity contribution >= 4 is 70.9 Å². The molecule has 0 aliphatic heterocycles. The quantitative estimate of drug-likeness (QED) is 0.180. The Kier molecular flexibility index (Phi) is 5.57. The molecule has 0 spiro atoms. The average Bonchev–Trinajstić information content (AvgIpc) is 3.88. The summed E-state index contributed by atoms with van der Waals surface area (Å²) in [4.78, 5) is 9.53. The fourth-order valence-corrected chi connectivity index (χ4v) is 7.86. The van der Waals surface area contributed by atoms with Gasteiger partial charge in [0.2, 0.25) is 0 Å². The number of nitrogens with zero attached hydrogens (tertiary/aromatic N) is 5. The van der Waals surface area contributed by atoms with Gasteiger partial charge in [-0.3, -0.25) is 8.97 Å². The van der Waals surface area contributed by atoms with Gasteiger partial charge in [0, 0.05) is 62.7 Å². The molecule has 0 saturated heterocycles. The number of fused-ring (bicyclic) bond motifs is 12. The minimum absolute atomic E-state index is 0.751. The first-order chi connectivity index (χ1) is 24.8. The molecular weight excluding hydrogens is 615 g/mol. The van der Waals surface area contributed by atoms with Crippen LogP contribution in [0.4, 0.5) is 0 Å². The first-order valence-corrected chi connectivity index (χ1v) is 16.7. The van der Waals surface area contributed by atoms with E-state index in [0.29, 0.717) is 0 Å². The Bertz CT molecular complexity index is 3120. The molecule has 0 N–H and O–H groups in total. The summed E-state index contributed by atoms with van der Waals surface area (Å²) >= 11 is 0. The number of aromatic nitrogens is 5. The van der Waals surface area contributed by atoms with Crippen molar-refractivity contribution in [3.05, 3.63) is 164 Å². The van der Waals surface area contributed by atoms with Gasteiger partial charge in [-0.05, 0) is 84.2 Å². The molecule has 0 unspecified atom stereocenters. The molecule has 6 aromatic carbocycles. The van der Waals surface area contributed by atoms with E-state index in [9.17, 15) is 0 Å². The molecule has 234 valence electrons. The van der Waals surface area contributed by atoms with Gasteiger partial charge < -0.3 is 9.30 Å². The summed E-state index contributed by atoms with van der Waals surface area (Å²) in [5, 5.41) is 8.08. The Morgan fingerprint density at radius 1 is 0.400 bits per heavy atom. The summed E-state index contributed by atoms with van der Waals surface area (Å²) < 4.78 is 13.4. The smallest absolute Gasteiger partial charge is 0.145 e. The van der Waals surface area contributed by atoms with Crippen LogP contribution in [0.1, 0.15) is 0 Å². The van der Waals surface area contributed by atoms with Gasteiger partial charge in [-0.15, -0.1) is 0 Å². The van der Waals surface area contributed by atoms with E-state index in [1.54, 1.807) is 0 Å². The molecule has 0 radical (unpaired) electrons. The van der Waals surface area contributed by atoms with Crippen molar-refractivity contribution in [3.63, 3.8) is 0 Å². The van der Waals surface area contributed by atoms with Crippen LogP contribution in [0, 0.1) is 0 Å². The predicted octanol–water partition coefficient (Wildman–Crippen LogP) is 11.0. The Balaban J connectivity index is 1.13. The van der Waals surface area contributed by atoms with Crippen LogP contribution in [0.5, 0.6) is 11.5 Å². The third-order valence-corrected chi connectivity index (χ3v) is 9.99. The van der Waals surface area contributed by atoms with Gasteiger partial charge in [0.05, 0.1) is 27.6 Å². The number of hydrogen-bond acceptors (Lipinski definition) is 3. The van der Waals surface area contributed by atoms with E-state index in [1.165, 1.54) is 27.2 Å². The number of imidazole rings is 1. The van der Waals surface area contributed by atoms with Gasteiger partial charge in [0.25, 0.3) is 0 Å². The van der Waals surface area contributed by atoms with Crippen LogP contribution in [-0.4, -0.2) is 23.5 Å². The van der Waals surface area contributed by atoms with Crippen molar-refractivity contribution in [1.29, 1.82) is 0 Å². The Morgan fingerprint density at radius 2 is 1.04 bits per heavy atom. The van der Waals surface area contributed by atoms with Crippen LogP contribution in [-0.2, 0) is 0 Å². The van der Waals surface area contributed by atoms with Crippen LogP contribution in [0.25, 0.3) is 82.4 Å². The third kappa shape index (κ3) is 3.84. The van der Waals surface area contributed by atoms with Crippen molar-refractivity contribution in [2.45, 2.75) is 0 Å². The molecule has 6 heteroatoms. The molecule has 6 nitrogen and oxygen atoms in total. The van der Waals surface area contributed by atoms with E-state index in [-0.39, 0.29) is 0 Å². The predicted molar refractivity (Wildman–Crippen MR) is 203 cm³/mol. The van der Waals surface area contributed by atoms with Crippen molar-refractivity contribution in [2.75, 3.05) is 0 Å². The summed E-state index contributed by atoms with van der Waals surface area (Å²) in [6.45, 7) is 0. The number of benzene rings is 6. The lowest BCUT2D eigenvalue weighted by Crippen LogP contribution is -1.97. The van der Waals surface area contributed by atoms with E-state index >= 15 is 0 Å². The van der Waals surface area contributed by atoms with Gasteiger partial charge in [-0.1, -0.05) is 60.7 Å². The summed E-state index contributed by atoms with van der Waals surface area (Å²) in [7, 11) is 0. The normalized spacial score (nSPS) is 12.0. The SMILES string of the molecule is c1ccc(-n2c3ccccc3c3cc4c(cc32)c2ccc(Oc3ccc5c6ccccc6n6ccnc6c5c3)cc2n4-c2ccccn2)cc1. The Hall–Kier alpha value is -6.92. The Morgan fingerprint density at radius 3 is 1.84 bits per heavy atom. The van der Waals surface area contributed by atoms with Crippen molar-refractivity contribution in [1.82, 2.24) is 23.5 Å². The largest absolute Gasteiger partial charge is 0.457 e. The first kappa shape index (κ1) is 27.1. The number of ether oxygens (including phenoxy) is 1. The minimum Gasteiger partial charge on any atom is -0.457 e. The van der Waals surface area contributed by atoms with E-state index in [2.05, 4.69) is 141 Å². The van der Waals surface area contributed by atoms with Gasteiger partial charge in [0.1, 0.15) is 23.0 Å². The van der Waals surface area contributed by atoms with Crippen LogP contribution in [0.3, 0.4) is 0 Å². The van der Waals surface area contributed by atoms with Crippen LogP contribution in [0.15, 0.2) is 164 Å². The summed E-state index contributed by atoms with van der Waals surface area (Å²) in [5.74, 6) is 2.36. The molecular formula is C44H27N5O. The topological polar surface area (TPSA) is 49.3 Å². The maximum Gasteiger partial charge on any atom is 0.145 e. The van der Waals surface area contributed by atoms with E-state index in [0.717, 1.165) is 66.7 Å². The van der Waals surface area contributed by atoms with Crippen LogP contribution < -0.4 is 4.74 Å². The van der Waals surface area contributed by atoms with E-state index in [4.69, 9.17) is 14.7 Å². The molecule has 0 atom stereocenters. The van der Waals surface area contributed by atoms with Crippen molar-refractivity contribution in [3.8, 4) is 23.0 Å². The van der Waals surface area contributed by atoms with Gasteiger partial charge >= 0.3 is 0 Å². The maximum atomic E-state index is 6.64. The fourth-order valence-electron chi connectivity index (χ4n) is 7.86. The molecule has 0 saturated carbocycles. The standard InChI is InChI=1S/C44H27N5O/c1-2-10-28(11-3-1)48-39-15-7-5-13-33(39)35-27-42-36(26-41(35)48)34-20-18-30(25-40(34)49(42)43-16-8-9-21-45-43)50-29-17-19-31-32-12-4-6-14-38(32)47-23-22-46-44(47)37(31)24-29/h1-27H. The van der Waals surface area contributed by atoms with Crippen LogP contribution in [0.2, 0.25) is 0 Å². The van der Waals surface area contributed by atoms with Crippen molar-refractivity contribution < 1.29 is 4.74 Å². The lowest BCUT2D eigenvalue weighted by Gasteiger charge is -2.11. The number of hydrogen-bond donors (Lipinski definition) is 0. The van der Waals surface area contributed by atoms with Gasteiger partial charge in [0.15, 0.2) is 0 Å². The second-order valence-corrected chi connectivity index (χ2v) is 12.7. The van der Waals surface area contributed by atoms with Crippen LogP contribution >= 0.6 is 0 Å². The average molecular weight is 642 g/mol. The molecule has 5 aromatic heterocycles. The number of para-hydroxylation sites is 3. The monoisotopic (exact) mass is 641 g/mol. The highest BCUT2D eigenvalue weighted by Crippen LogP contribution is 2.41. The summed E-state index contributed by atoms with van der Waals surface area (Å²) in [5.41, 5.74) is 7.66. The zero-order valence-electron chi connectivity index (χ0n) is 26.7. The highest BCUT2D eigenvalue weighted by Gasteiger charge is 2.19. The first-order valence-electron chi connectivity index (χ1n) is 16.7. The van der Waals surface area contributed by atoms with Gasteiger partial charge in [-0.25, -0.2) is 9.97 Å².